The summed E-state index contributed by atoms with van der Waals surface area (Å²) in [7, 11) is 0. The lowest BCUT2D eigenvalue weighted by Crippen LogP contribution is -2.29. The molecule has 1 aromatic heterocycles. The highest BCUT2D eigenvalue weighted by Gasteiger charge is 2.35. The number of aromatic amines is 1. The molecule has 0 aliphatic carbocycles. The first-order chi connectivity index (χ1) is 13.2. The lowest BCUT2D eigenvalue weighted by atomic mass is 9.89. The van der Waals surface area contributed by atoms with Crippen molar-refractivity contribution in [3.8, 4) is 11.4 Å². The molecular formula is C21H25Cl2N5O. The van der Waals surface area contributed by atoms with Crippen LogP contribution in [0.15, 0.2) is 54.6 Å². The van der Waals surface area contributed by atoms with E-state index < -0.39 is 0 Å². The fourth-order valence-electron chi connectivity index (χ4n) is 3.80. The molecule has 1 aliphatic heterocycles. The van der Waals surface area contributed by atoms with E-state index in [0.717, 1.165) is 11.4 Å². The summed E-state index contributed by atoms with van der Waals surface area (Å²) in [5.74, 6) is 1.93. The van der Waals surface area contributed by atoms with Gasteiger partial charge in [-0.2, -0.15) is 5.10 Å². The van der Waals surface area contributed by atoms with Crippen molar-refractivity contribution in [3.05, 3.63) is 71.5 Å². The number of nitrogens with two attached hydrogens (primary N) is 1. The van der Waals surface area contributed by atoms with Gasteiger partial charge in [0.05, 0.1) is 0 Å². The average Bonchev–Trinajstić information content (AvgIpc) is 3.34. The van der Waals surface area contributed by atoms with Gasteiger partial charge in [0.1, 0.15) is 5.82 Å². The molecule has 4 rings (SSSR count). The van der Waals surface area contributed by atoms with Gasteiger partial charge in [0.25, 0.3) is 5.91 Å². The smallest absolute Gasteiger partial charge is 0.253 e. The van der Waals surface area contributed by atoms with Crippen LogP contribution in [0.25, 0.3) is 11.4 Å². The Morgan fingerprint density at radius 3 is 2.55 bits per heavy atom. The molecule has 0 saturated carbocycles. The zero-order valence-corrected chi connectivity index (χ0v) is 17.7. The zero-order chi connectivity index (χ0) is 18.8. The number of carbonyl (C=O) groups is 1. The van der Waals surface area contributed by atoms with Crippen molar-refractivity contribution in [2.45, 2.75) is 12.8 Å². The molecule has 2 atom stereocenters. The number of likely N-dealkylation sites (tertiary alicyclic amines) is 1. The molecule has 8 heteroatoms. The van der Waals surface area contributed by atoms with Crippen LogP contribution in [0, 0.1) is 12.8 Å². The largest absolute Gasteiger partial charge is 0.338 e. The minimum Gasteiger partial charge on any atom is -0.338 e. The van der Waals surface area contributed by atoms with E-state index in [-0.39, 0.29) is 42.6 Å². The number of halogens is 2. The van der Waals surface area contributed by atoms with Crippen LogP contribution in [-0.4, -0.2) is 45.6 Å². The number of aryl methyl sites for hydroxylation is 1. The van der Waals surface area contributed by atoms with Gasteiger partial charge in [-0.25, -0.2) is 4.98 Å². The van der Waals surface area contributed by atoms with E-state index in [4.69, 9.17) is 5.73 Å². The predicted octanol–water partition coefficient (Wildman–Crippen LogP) is 3.44. The number of amides is 1. The van der Waals surface area contributed by atoms with Gasteiger partial charge in [0.15, 0.2) is 5.82 Å². The van der Waals surface area contributed by atoms with Crippen molar-refractivity contribution in [2.75, 3.05) is 19.6 Å². The van der Waals surface area contributed by atoms with Gasteiger partial charge < -0.3 is 10.6 Å². The van der Waals surface area contributed by atoms with Gasteiger partial charge in [0, 0.05) is 30.1 Å². The highest BCUT2D eigenvalue weighted by molar-refractivity contribution is 5.95. The second-order valence-electron chi connectivity index (χ2n) is 7.05. The number of carbonyl (C=O) groups excluding carboxylic acids is 1. The van der Waals surface area contributed by atoms with Gasteiger partial charge in [-0.1, -0.05) is 42.5 Å². The van der Waals surface area contributed by atoms with Gasteiger partial charge in [-0.15, -0.1) is 24.8 Å². The van der Waals surface area contributed by atoms with Crippen LogP contribution < -0.4 is 5.73 Å². The molecule has 3 N–H and O–H groups in total. The summed E-state index contributed by atoms with van der Waals surface area (Å²) < 4.78 is 0. The molecule has 0 unspecified atom stereocenters. The first-order valence-electron chi connectivity index (χ1n) is 9.19. The maximum atomic E-state index is 13.1. The van der Waals surface area contributed by atoms with Gasteiger partial charge >= 0.3 is 0 Å². The molecule has 1 saturated heterocycles. The molecule has 2 aromatic carbocycles. The molecule has 2 heterocycles. The SMILES string of the molecule is Cc1nc(-c2cccc(C(=O)N3C[C@@H](CN)[C@H](c4ccccc4)C3)c2)n[nH]1.Cl.Cl. The fourth-order valence-corrected chi connectivity index (χ4v) is 3.80. The van der Waals surface area contributed by atoms with Gasteiger partial charge in [-0.3, -0.25) is 9.89 Å². The van der Waals surface area contributed by atoms with Gasteiger partial charge in [-0.05, 0) is 37.1 Å². The van der Waals surface area contributed by atoms with E-state index in [1.54, 1.807) is 0 Å². The Balaban J connectivity index is 0.00000150. The van der Waals surface area contributed by atoms with Crippen molar-refractivity contribution in [1.82, 2.24) is 20.1 Å². The number of rotatable bonds is 4. The van der Waals surface area contributed by atoms with Crippen molar-refractivity contribution in [2.24, 2.45) is 11.7 Å². The highest BCUT2D eigenvalue weighted by atomic mass is 35.5. The monoisotopic (exact) mass is 433 g/mol. The van der Waals surface area contributed by atoms with E-state index in [1.807, 2.05) is 54.3 Å². The third-order valence-electron chi connectivity index (χ3n) is 5.22. The number of hydrogen-bond donors (Lipinski definition) is 2. The number of hydrogen-bond acceptors (Lipinski definition) is 4. The summed E-state index contributed by atoms with van der Waals surface area (Å²) in [5, 5.41) is 7.02. The summed E-state index contributed by atoms with van der Waals surface area (Å²) in [6.45, 7) is 3.79. The maximum Gasteiger partial charge on any atom is 0.253 e. The molecule has 29 heavy (non-hydrogen) atoms. The highest BCUT2D eigenvalue weighted by Crippen LogP contribution is 2.33. The number of benzene rings is 2. The maximum absolute atomic E-state index is 13.1. The zero-order valence-electron chi connectivity index (χ0n) is 16.1. The van der Waals surface area contributed by atoms with Crippen LogP contribution >= 0.6 is 24.8 Å². The third-order valence-corrected chi connectivity index (χ3v) is 5.22. The molecule has 0 spiro atoms. The molecule has 0 radical (unpaired) electrons. The Bertz CT molecular complexity index is 947. The standard InChI is InChI=1S/C21H23N5O.2ClH/c1-14-23-20(25-24-14)16-8-5-9-17(10-16)21(27)26-12-18(11-22)19(13-26)15-6-3-2-4-7-15;;/h2-10,18-19H,11-13,22H2,1H3,(H,23,24,25);2*1H/t18-,19+;;/m1../s1. The normalized spacial score (nSPS) is 18.1. The molecule has 0 bridgehead atoms. The first-order valence-corrected chi connectivity index (χ1v) is 9.19. The van der Waals surface area contributed by atoms with E-state index in [9.17, 15) is 4.79 Å². The molecule has 3 aromatic rings. The third kappa shape index (κ3) is 4.78. The van der Waals surface area contributed by atoms with Crippen molar-refractivity contribution < 1.29 is 4.79 Å². The summed E-state index contributed by atoms with van der Waals surface area (Å²) in [4.78, 5) is 19.4. The van der Waals surface area contributed by atoms with Crippen molar-refractivity contribution in [1.29, 1.82) is 0 Å². The van der Waals surface area contributed by atoms with Crippen LogP contribution in [0.5, 0.6) is 0 Å². The van der Waals surface area contributed by atoms with E-state index in [2.05, 4.69) is 27.3 Å². The molecule has 154 valence electrons. The van der Waals surface area contributed by atoms with Crippen molar-refractivity contribution >= 4 is 30.7 Å². The minimum atomic E-state index is 0. The van der Waals surface area contributed by atoms with Crippen LogP contribution in [-0.2, 0) is 0 Å². The van der Waals surface area contributed by atoms with Crippen molar-refractivity contribution in [3.63, 3.8) is 0 Å². The Morgan fingerprint density at radius 1 is 1.14 bits per heavy atom. The van der Waals surface area contributed by atoms with Gasteiger partial charge in [0.2, 0.25) is 0 Å². The summed E-state index contributed by atoms with van der Waals surface area (Å²) in [6.07, 6.45) is 0. The molecule has 6 nitrogen and oxygen atoms in total. The number of aromatic nitrogens is 3. The Hall–Kier alpha value is -2.41. The Morgan fingerprint density at radius 2 is 1.90 bits per heavy atom. The van der Waals surface area contributed by atoms with Crippen LogP contribution in [0.1, 0.15) is 27.7 Å². The topological polar surface area (TPSA) is 87.9 Å². The molecule has 1 fully saturated rings. The van der Waals surface area contributed by atoms with Crippen LogP contribution in [0.4, 0.5) is 0 Å². The van der Waals surface area contributed by atoms with E-state index >= 15 is 0 Å². The predicted molar refractivity (Wildman–Crippen MR) is 119 cm³/mol. The second kappa shape index (κ2) is 9.87. The molecular weight excluding hydrogens is 409 g/mol. The second-order valence-corrected chi connectivity index (χ2v) is 7.05. The lowest BCUT2D eigenvalue weighted by molar-refractivity contribution is 0.0786. The Labute approximate surface area is 182 Å². The molecule has 1 aliphatic rings. The number of nitrogens with one attached hydrogen (secondary N) is 1. The number of nitrogens with zero attached hydrogens (tertiary/aromatic N) is 3. The minimum absolute atomic E-state index is 0. The first kappa shape index (κ1) is 22.9. The van der Waals surface area contributed by atoms with E-state index in [0.29, 0.717) is 31.0 Å². The quantitative estimate of drug-likeness (QED) is 0.659. The van der Waals surface area contributed by atoms with E-state index in [1.165, 1.54) is 5.56 Å². The summed E-state index contributed by atoms with van der Waals surface area (Å²) >= 11 is 0. The Kier molecular flexibility index (Phi) is 7.79. The average molecular weight is 434 g/mol. The van der Waals surface area contributed by atoms with Crippen LogP contribution in [0.3, 0.4) is 0 Å². The lowest BCUT2D eigenvalue weighted by Gasteiger charge is -2.17. The molecule has 1 amide bonds. The number of H-pyrrole nitrogens is 1. The fraction of sp³-hybridized carbons (Fsp3) is 0.286. The van der Waals surface area contributed by atoms with Crippen LogP contribution in [0.2, 0.25) is 0 Å². The summed E-state index contributed by atoms with van der Waals surface area (Å²) in [5.41, 5.74) is 8.74. The summed E-state index contributed by atoms with van der Waals surface area (Å²) in [6, 6.07) is 17.8.